The molecule has 0 fully saturated rings. The minimum absolute atomic E-state index is 0.0128. The maximum absolute atomic E-state index is 11.9. The SMILES string of the molecule is OC1C=C(CCSC(F)(F)F)CCCC1. The van der Waals surface area contributed by atoms with E-state index < -0.39 is 11.6 Å². The highest BCUT2D eigenvalue weighted by Crippen LogP contribution is 2.32. The molecule has 0 heterocycles. The summed E-state index contributed by atoms with van der Waals surface area (Å²) < 4.78 is 35.6. The van der Waals surface area contributed by atoms with E-state index in [0.29, 0.717) is 6.42 Å². The van der Waals surface area contributed by atoms with Gasteiger partial charge in [-0.25, -0.2) is 0 Å². The third kappa shape index (κ3) is 6.10. The van der Waals surface area contributed by atoms with Gasteiger partial charge in [0.25, 0.3) is 0 Å². The number of hydrogen-bond donors (Lipinski definition) is 1. The first kappa shape index (κ1) is 12.9. The molecule has 0 aliphatic heterocycles. The number of hydrogen-bond acceptors (Lipinski definition) is 2. The first-order valence-corrected chi connectivity index (χ1v) is 6.04. The minimum atomic E-state index is -4.14. The van der Waals surface area contributed by atoms with Crippen LogP contribution in [0.15, 0.2) is 11.6 Å². The molecule has 0 bridgehead atoms. The number of aliphatic hydroxyl groups excluding tert-OH is 1. The third-order valence-corrected chi connectivity index (χ3v) is 3.10. The van der Waals surface area contributed by atoms with E-state index in [1.54, 1.807) is 6.08 Å². The lowest BCUT2D eigenvalue weighted by molar-refractivity contribution is -0.0327. The molecule has 1 rings (SSSR count). The van der Waals surface area contributed by atoms with Crippen LogP contribution in [0.3, 0.4) is 0 Å². The maximum atomic E-state index is 11.9. The fourth-order valence-electron chi connectivity index (χ4n) is 1.65. The van der Waals surface area contributed by atoms with E-state index in [4.69, 9.17) is 0 Å². The van der Waals surface area contributed by atoms with Gasteiger partial charge < -0.3 is 5.11 Å². The molecule has 1 nitrogen and oxygen atoms in total. The van der Waals surface area contributed by atoms with E-state index in [-0.39, 0.29) is 17.5 Å². The number of thioether (sulfide) groups is 1. The zero-order valence-electron chi connectivity index (χ0n) is 8.39. The Balaban J connectivity index is 2.30. The van der Waals surface area contributed by atoms with Crippen LogP contribution in [-0.4, -0.2) is 22.5 Å². The van der Waals surface area contributed by atoms with Crippen LogP contribution in [0.2, 0.25) is 0 Å². The second-order valence-electron chi connectivity index (χ2n) is 3.68. The second kappa shape index (κ2) is 5.80. The fraction of sp³-hybridized carbons (Fsp3) is 0.800. The van der Waals surface area contributed by atoms with E-state index in [2.05, 4.69) is 0 Å². The van der Waals surface area contributed by atoms with Gasteiger partial charge in [0.05, 0.1) is 6.10 Å². The topological polar surface area (TPSA) is 20.2 Å². The molecule has 1 unspecified atom stereocenters. The van der Waals surface area contributed by atoms with Gasteiger partial charge in [-0.05, 0) is 25.7 Å². The summed E-state index contributed by atoms with van der Waals surface area (Å²) in [4.78, 5) is 0. The summed E-state index contributed by atoms with van der Waals surface area (Å²) in [6, 6.07) is 0. The van der Waals surface area contributed by atoms with Gasteiger partial charge in [-0.2, -0.15) is 13.2 Å². The molecule has 0 saturated heterocycles. The van der Waals surface area contributed by atoms with Gasteiger partial charge in [-0.1, -0.05) is 29.8 Å². The zero-order valence-corrected chi connectivity index (χ0v) is 9.20. The molecule has 1 atom stereocenters. The molecule has 0 aromatic heterocycles. The molecule has 0 spiro atoms. The van der Waals surface area contributed by atoms with E-state index in [9.17, 15) is 18.3 Å². The van der Waals surface area contributed by atoms with Crippen molar-refractivity contribution in [2.75, 3.05) is 5.75 Å². The molecule has 88 valence electrons. The lowest BCUT2D eigenvalue weighted by Crippen LogP contribution is -2.03. The predicted octanol–water partition coefficient (Wildman–Crippen LogP) is 3.49. The van der Waals surface area contributed by atoms with Gasteiger partial charge in [-0.3, -0.25) is 0 Å². The third-order valence-electron chi connectivity index (χ3n) is 2.36. The molecule has 0 aromatic rings. The monoisotopic (exact) mass is 240 g/mol. The Morgan fingerprint density at radius 2 is 2.13 bits per heavy atom. The molecule has 15 heavy (non-hydrogen) atoms. The second-order valence-corrected chi connectivity index (χ2v) is 4.84. The predicted molar refractivity (Wildman–Crippen MR) is 55.7 cm³/mol. The van der Waals surface area contributed by atoms with Gasteiger partial charge in [0.2, 0.25) is 0 Å². The molecule has 0 radical (unpaired) electrons. The van der Waals surface area contributed by atoms with Crippen molar-refractivity contribution in [3.8, 4) is 0 Å². The molecular weight excluding hydrogens is 225 g/mol. The normalized spacial score (nSPS) is 23.5. The average Bonchev–Trinajstić information content (AvgIpc) is 2.27. The number of aliphatic hydroxyl groups is 1. The zero-order chi connectivity index (χ0) is 11.3. The van der Waals surface area contributed by atoms with Crippen molar-refractivity contribution in [2.45, 2.75) is 43.7 Å². The van der Waals surface area contributed by atoms with E-state index in [1.807, 2.05) is 0 Å². The summed E-state index contributed by atoms with van der Waals surface area (Å²) in [5.41, 5.74) is -3.17. The largest absolute Gasteiger partial charge is 0.441 e. The Morgan fingerprint density at radius 3 is 2.80 bits per heavy atom. The average molecular weight is 240 g/mol. The molecule has 0 saturated carbocycles. The Labute approximate surface area is 91.7 Å². The van der Waals surface area contributed by atoms with Crippen LogP contribution in [0.25, 0.3) is 0 Å². The highest BCUT2D eigenvalue weighted by molar-refractivity contribution is 8.00. The van der Waals surface area contributed by atoms with Gasteiger partial charge in [0.15, 0.2) is 0 Å². The van der Waals surface area contributed by atoms with Crippen molar-refractivity contribution in [3.63, 3.8) is 0 Å². The van der Waals surface area contributed by atoms with Crippen molar-refractivity contribution < 1.29 is 18.3 Å². The summed E-state index contributed by atoms with van der Waals surface area (Å²) in [7, 11) is 0. The minimum Gasteiger partial charge on any atom is -0.389 e. The van der Waals surface area contributed by atoms with Crippen LogP contribution < -0.4 is 0 Å². The summed E-state index contributed by atoms with van der Waals surface area (Å²) >= 11 is 0.0128. The molecule has 1 aliphatic carbocycles. The molecule has 1 N–H and O–H groups in total. The lowest BCUT2D eigenvalue weighted by Gasteiger charge is -2.08. The van der Waals surface area contributed by atoms with Gasteiger partial charge >= 0.3 is 5.51 Å². The van der Waals surface area contributed by atoms with Crippen LogP contribution in [0.5, 0.6) is 0 Å². The molecule has 0 aromatic carbocycles. The number of halogens is 3. The van der Waals surface area contributed by atoms with Crippen molar-refractivity contribution in [2.24, 2.45) is 0 Å². The number of allylic oxidation sites excluding steroid dienone is 1. The maximum Gasteiger partial charge on any atom is 0.441 e. The Morgan fingerprint density at radius 1 is 1.40 bits per heavy atom. The van der Waals surface area contributed by atoms with Crippen molar-refractivity contribution in [3.05, 3.63) is 11.6 Å². The van der Waals surface area contributed by atoms with Gasteiger partial charge in [-0.15, -0.1) is 0 Å². The Kier molecular flexibility index (Phi) is 4.99. The summed E-state index contributed by atoms with van der Waals surface area (Å²) in [5, 5.41) is 9.41. The molecule has 1 aliphatic rings. The summed E-state index contributed by atoms with van der Waals surface area (Å²) in [6.45, 7) is 0. The first-order chi connectivity index (χ1) is 6.97. The number of rotatable bonds is 3. The standard InChI is InChI=1S/C10H15F3OS/c11-10(12,13)15-6-5-8-3-1-2-4-9(14)7-8/h7,9,14H,1-6H2. The summed E-state index contributed by atoms with van der Waals surface area (Å²) in [6.07, 6.45) is 5.18. The van der Waals surface area contributed by atoms with Crippen LogP contribution in [-0.2, 0) is 0 Å². The van der Waals surface area contributed by atoms with Gasteiger partial charge in [0.1, 0.15) is 0 Å². The lowest BCUT2D eigenvalue weighted by atomic mass is 10.1. The van der Waals surface area contributed by atoms with Crippen LogP contribution >= 0.6 is 11.8 Å². The highest BCUT2D eigenvalue weighted by atomic mass is 32.2. The van der Waals surface area contributed by atoms with E-state index in [0.717, 1.165) is 31.3 Å². The fourth-order valence-corrected chi connectivity index (χ4v) is 2.25. The van der Waals surface area contributed by atoms with E-state index in [1.165, 1.54) is 0 Å². The van der Waals surface area contributed by atoms with E-state index >= 15 is 0 Å². The number of alkyl halides is 3. The summed E-state index contributed by atoms with van der Waals surface area (Å²) in [5.74, 6) is 0.0576. The molecule has 0 amide bonds. The van der Waals surface area contributed by atoms with Crippen molar-refractivity contribution >= 4 is 11.8 Å². The highest BCUT2D eigenvalue weighted by Gasteiger charge is 2.27. The van der Waals surface area contributed by atoms with Crippen LogP contribution in [0.1, 0.15) is 32.1 Å². The van der Waals surface area contributed by atoms with Crippen molar-refractivity contribution in [1.82, 2.24) is 0 Å². The van der Waals surface area contributed by atoms with Crippen LogP contribution in [0, 0.1) is 0 Å². The Hall–Kier alpha value is -0.160. The van der Waals surface area contributed by atoms with Crippen molar-refractivity contribution in [1.29, 1.82) is 0 Å². The first-order valence-electron chi connectivity index (χ1n) is 5.06. The molecular formula is C10H15F3OS. The smallest absolute Gasteiger partial charge is 0.389 e. The molecule has 5 heteroatoms. The Bertz CT molecular complexity index is 225. The van der Waals surface area contributed by atoms with Gasteiger partial charge in [0, 0.05) is 5.75 Å². The van der Waals surface area contributed by atoms with Crippen LogP contribution in [0.4, 0.5) is 13.2 Å². The quantitative estimate of drug-likeness (QED) is 0.762.